The Morgan fingerprint density at radius 1 is 1.25 bits per heavy atom. The van der Waals surface area contributed by atoms with Crippen LogP contribution in [0.1, 0.15) is 5.56 Å². The Hall–Kier alpha value is -2.32. The number of carbonyl (C=O) groups is 1. The van der Waals surface area contributed by atoms with Crippen molar-refractivity contribution in [3.05, 3.63) is 53.1 Å². The van der Waals surface area contributed by atoms with Crippen LogP contribution in [0.4, 0.5) is 14.4 Å². The van der Waals surface area contributed by atoms with Crippen LogP contribution in [-0.4, -0.2) is 21.6 Å². The predicted octanol–water partition coefficient (Wildman–Crippen LogP) is 3.76. The van der Waals surface area contributed by atoms with Gasteiger partial charge in [-0.2, -0.15) is 8.42 Å². The third-order valence-corrected chi connectivity index (χ3v) is 4.12. The minimum atomic E-state index is -5.01. The van der Waals surface area contributed by atoms with Gasteiger partial charge < -0.3 is 9.47 Å². The Balaban J connectivity index is 2.13. The molecule has 0 saturated carbocycles. The van der Waals surface area contributed by atoms with Crippen LogP contribution >= 0.6 is 11.6 Å². The van der Waals surface area contributed by atoms with Crippen LogP contribution in [0.15, 0.2) is 47.4 Å². The summed E-state index contributed by atoms with van der Waals surface area (Å²) in [7, 11) is -3.85. The van der Waals surface area contributed by atoms with E-state index in [0.717, 1.165) is 24.8 Å². The first-order chi connectivity index (χ1) is 11.3. The van der Waals surface area contributed by atoms with Gasteiger partial charge in [0.2, 0.25) is 0 Å². The molecular weight excluding hydrogens is 361 g/mol. The lowest BCUT2D eigenvalue weighted by atomic mass is 10.2. The van der Waals surface area contributed by atoms with Crippen molar-refractivity contribution in [2.75, 3.05) is 12.4 Å². The van der Waals surface area contributed by atoms with Crippen molar-refractivity contribution in [3.8, 4) is 5.75 Å². The molecule has 128 valence electrons. The molecule has 0 aliphatic heterocycles. The second kappa shape index (κ2) is 7.50. The first-order valence-corrected chi connectivity index (χ1v) is 8.37. The Bertz CT molecular complexity index is 842. The molecule has 2 aromatic carbocycles. The SMILES string of the molecule is COc1cc(NC(=O)OCc2ccccc2)c(Cl)cc1S(=O)(=O)F. The molecule has 0 unspecified atom stereocenters. The highest BCUT2D eigenvalue weighted by atomic mass is 35.5. The maximum Gasteiger partial charge on any atom is 0.412 e. The van der Waals surface area contributed by atoms with Crippen molar-refractivity contribution in [2.24, 2.45) is 0 Å². The first kappa shape index (κ1) is 18.0. The van der Waals surface area contributed by atoms with Gasteiger partial charge in [-0.25, -0.2) is 4.79 Å². The van der Waals surface area contributed by atoms with E-state index >= 15 is 0 Å². The van der Waals surface area contributed by atoms with E-state index in [1.54, 1.807) is 24.3 Å². The molecule has 0 heterocycles. The molecule has 0 fully saturated rings. The average molecular weight is 374 g/mol. The molecule has 1 amide bonds. The van der Waals surface area contributed by atoms with Gasteiger partial charge in [0.25, 0.3) is 0 Å². The van der Waals surface area contributed by atoms with Crippen LogP contribution in [0, 0.1) is 0 Å². The molecule has 2 rings (SSSR count). The van der Waals surface area contributed by atoms with Crippen molar-refractivity contribution < 1.29 is 26.6 Å². The standard InChI is InChI=1S/C15H13ClFNO5S/c1-22-13-8-12(11(16)7-14(13)24(17,20)21)18-15(19)23-9-10-5-3-2-4-6-10/h2-8H,9H2,1H3,(H,18,19). The second-order valence-corrected chi connectivity index (χ2v) is 6.33. The quantitative estimate of drug-likeness (QED) is 0.807. The second-order valence-electron chi connectivity index (χ2n) is 4.61. The maximum absolute atomic E-state index is 13.2. The van der Waals surface area contributed by atoms with Gasteiger partial charge in [0.05, 0.1) is 17.8 Å². The van der Waals surface area contributed by atoms with E-state index in [0.29, 0.717) is 0 Å². The number of rotatable bonds is 5. The largest absolute Gasteiger partial charge is 0.495 e. The topological polar surface area (TPSA) is 81.7 Å². The summed E-state index contributed by atoms with van der Waals surface area (Å²) in [6, 6.07) is 10.9. The van der Waals surface area contributed by atoms with E-state index in [1.807, 2.05) is 6.07 Å². The summed E-state index contributed by atoms with van der Waals surface area (Å²) in [5.74, 6) is -0.291. The van der Waals surface area contributed by atoms with E-state index in [9.17, 15) is 17.1 Å². The van der Waals surface area contributed by atoms with Gasteiger partial charge in [-0.05, 0) is 11.6 Å². The predicted molar refractivity (Wildman–Crippen MR) is 86.5 cm³/mol. The molecule has 24 heavy (non-hydrogen) atoms. The number of carbonyl (C=O) groups excluding carboxylic acids is 1. The van der Waals surface area contributed by atoms with Gasteiger partial charge in [-0.1, -0.05) is 41.9 Å². The summed E-state index contributed by atoms with van der Waals surface area (Å²) >= 11 is 5.87. The Morgan fingerprint density at radius 2 is 1.92 bits per heavy atom. The third-order valence-electron chi connectivity index (χ3n) is 2.97. The van der Waals surface area contributed by atoms with Crippen LogP contribution in [0.5, 0.6) is 5.75 Å². The minimum absolute atomic E-state index is 0.0268. The van der Waals surface area contributed by atoms with Gasteiger partial charge in [0.15, 0.2) is 0 Å². The number of ether oxygens (including phenoxy) is 2. The Labute approximate surface area is 143 Å². The van der Waals surface area contributed by atoms with Crippen molar-refractivity contribution in [1.29, 1.82) is 0 Å². The smallest absolute Gasteiger partial charge is 0.412 e. The molecule has 0 aromatic heterocycles. The Morgan fingerprint density at radius 3 is 2.50 bits per heavy atom. The molecule has 0 radical (unpaired) electrons. The molecule has 0 aliphatic rings. The summed E-state index contributed by atoms with van der Waals surface area (Å²) in [5, 5.41) is 2.17. The fraction of sp³-hybridized carbons (Fsp3) is 0.133. The molecule has 6 nitrogen and oxygen atoms in total. The van der Waals surface area contributed by atoms with Gasteiger partial charge in [-0.3, -0.25) is 5.32 Å². The number of amides is 1. The van der Waals surface area contributed by atoms with Crippen molar-refractivity contribution in [2.45, 2.75) is 11.5 Å². The fourth-order valence-electron chi connectivity index (χ4n) is 1.85. The summed E-state index contributed by atoms with van der Waals surface area (Å²) < 4.78 is 45.1. The van der Waals surface area contributed by atoms with Crippen LogP contribution in [0.25, 0.3) is 0 Å². The number of anilines is 1. The van der Waals surface area contributed by atoms with E-state index in [2.05, 4.69) is 5.32 Å². The lowest BCUT2D eigenvalue weighted by Crippen LogP contribution is -2.14. The lowest BCUT2D eigenvalue weighted by Gasteiger charge is -2.12. The zero-order valence-electron chi connectivity index (χ0n) is 12.5. The highest BCUT2D eigenvalue weighted by Crippen LogP contribution is 2.34. The van der Waals surface area contributed by atoms with E-state index in [-0.39, 0.29) is 23.1 Å². The minimum Gasteiger partial charge on any atom is -0.495 e. The molecule has 0 bridgehead atoms. The summed E-state index contributed by atoms with van der Waals surface area (Å²) in [6.07, 6.45) is -0.807. The summed E-state index contributed by atoms with van der Waals surface area (Å²) in [4.78, 5) is 11.1. The van der Waals surface area contributed by atoms with E-state index in [1.165, 1.54) is 0 Å². The summed E-state index contributed by atoms with van der Waals surface area (Å²) in [5.41, 5.74) is 0.814. The lowest BCUT2D eigenvalue weighted by molar-refractivity contribution is 0.155. The molecule has 0 saturated heterocycles. The number of nitrogens with one attached hydrogen (secondary N) is 1. The third kappa shape index (κ3) is 4.59. The highest BCUT2D eigenvalue weighted by Gasteiger charge is 2.21. The zero-order chi connectivity index (χ0) is 17.7. The Kier molecular flexibility index (Phi) is 5.63. The molecule has 1 N–H and O–H groups in total. The van der Waals surface area contributed by atoms with Gasteiger partial charge in [0, 0.05) is 6.07 Å². The number of halogens is 2. The summed E-state index contributed by atoms with van der Waals surface area (Å²) in [6.45, 7) is 0.0400. The maximum atomic E-state index is 13.2. The molecule has 0 spiro atoms. The van der Waals surface area contributed by atoms with Crippen molar-refractivity contribution in [3.63, 3.8) is 0 Å². The molecule has 2 aromatic rings. The van der Waals surface area contributed by atoms with Gasteiger partial charge in [0.1, 0.15) is 17.3 Å². The zero-order valence-corrected chi connectivity index (χ0v) is 14.0. The van der Waals surface area contributed by atoms with Gasteiger partial charge in [-0.15, -0.1) is 3.89 Å². The number of hydrogen-bond donors (Lipinski definition) is 1. The average Bonchev–Trinajstić information content (AvgIpc) is 2.54. The number of hydrogen-bond acceptors (Lipinski definition) is 5. The molecule has 0 aliphatic carbocycles. The molecular formula is C15H13ClFNO5S. The monoisotopic (exact) mass is 373 g/mol. The molecule has 9 heteroatoms. The van der Waals surface area contributed by atoms with E-state index in [4.69, 9.17) is 21.1 Å². The van der Waals surface area contributed by atoms with Crippen molar-refractivity contribution in [1.82, 2.24) is 0 Å². The van der Waals surface area contributed by atoms with Crippen LogP contribution in [-0.2, 0) is 21.6 Å². The van der Waals surface area contributed by atoms with Gasteiger partial charge >= 0.3 is 16.3 Å². The van der Waals surface area contributed by atoms with E-state index < -0.39 is 21.2 Å². The number of benzene rings is 2. The van der Waals surface area contributed by atoms with Crippen LogP contribution in [0.2, 0.25) is 5.02 Å². The normalized spacial score (nSPS) is 11.0. The van der Waals surface area contributed by atoms with Crippen LogP contribution < -0.4 is 10.1 Å². The van der Waals surface area contributed by atoms with Crippen molar-refractivity contribution >= 4 is 33.6 Å². The van der Waals surface area contributed by atoms with Crippen LogP contribution in [0.3, 0.4) is 0 Å². The first-order valence-electron chi connectivity index (χ1n) is 6.61. The molecule has 0 atom stereocenters. The number of methoxy groups -OCH3 is 1. The fourth-order valence-corrected chi connectivity index (χ4v) is 2.77. The highest BCUT2D eigenvalue weighted by molar-refractivity contribution is 7.86.